The van der Waals surface area contributed by atoms with Gasteiger partial charge in [0, 0.05) is 39.5 Å². The van der Waals surface area contributed by atoms with Crippen LogP contribution in [0.15, 0.2) is 182 Å². The van der Waals surface area contributed by atoms with Crippen LogP contribution in [0.2, 0.25) is 0 Å². The third kappa shape index (κ3) is 5.56. The van der Waals surface area contributed by atoms with Crippen molar-refractivity contribution in [3.8, 4) is 45.5 Å². The summed E-state index contributed by atoms with van der Waals surface area (Å²) in [4.78, 5) is 15.0. The Kier molecular flexibility index (Phi) is 9.25. The molecule has 6 nitrogen and oxygen atoms in total. The number of hydrogen-bond donors (Lipinski definition) is 0. The Morgan fingerprint density at radius 2 is 0.808 bits per heavy atom. The number of fused-ring (bicyclic) bond motifs is 10. The normalized spacial score (nSPS) is 17.0. The predicted octanol–water partition coefficient (Wildman–Crippen LogP) is 16.3. The Hall–Kier alpha value is -8.58. The molecular weight excluding hydrogens is 889 g/mol. The molecule has 0 amide bonds. The van der Waals surface area contributed by atoms with E-state index in [2.05, 4.69) is 229 Å². The van der Waals surface area contributed by atoms with Gasteiger partial charge >= 0.3 is 0 Å². The van der Waals surface area contributed by atoms with E-state index in [1.165, 1.54) is 22.3 Å². The maximum Gasteiger partial charge on any atom is 0.104 e. The summed E-state index contributed by atoms with van der Waals surface area (Å²) in [5.41, 5.74) is 17.7. The number of nitrogens with zero attached hydrogens (tertiary/aromatic N) is 6. The van der Waals surface area contributed by atoms with Gasteiger partial charge in [-0.1, -0.05) is 149 Å². The van der Waals surface area contributed by atoms with Crippen molar-refractivity contribution in [1.82, 2.24) is 9.97 Å². The van der Waals surface area contributed by atoms with Gasteiger partial charge in [-0.15, -0.1) is 0 Å². The van der Waals surface area contributed by atoms with Gasteiger partial charge in [-0.25, -0.2) is 0 Å². The molecule has 0 bridgehead atoms. The fourth-order valence-corrected chi connectivity index (χ4v) is 14.6. The number of hydrogen-bond acceptors (Lipinski definition) is 6. The van der Waals surface area contributed by atoms with Gasteiger partial charge in [0.25, 0.3) is 0 Å². The average molecular weight is 943 g/mol. The molecule has 9 aromatic rings. The van der Waals surface area contributed by atoms with E-state index in [4.69, 9.17) is 9.97 Å². The van der Waals surface area contributed by atoms with Crippen LogP contribution in [0.3, 0.4) is 0 Å². The van der Waals surface area contributed by atoms with Crippen LogP contribution in [0.1, 0.15) is 111 Å². The molecule has 4 aliphatic rings. The third-order valence-corrected chi connectivity index (χ3v) is 17.5. The van der Waals surface area contributed by atoms with Crippen LogP contribution in [0.25, 0.3) is 33.4 Å². The van der Waals surface area contributed by atoms with Gasteiger partial charge in [-0.05, 0) is 143 Å². The second-order valence-electron chi connectivity index (χ2n) is 22.4. The SMILES string of the molecule is CC1(C)c2cc(-c3ccccc3)ccc2N(c2c(C#N)c(N3c4ccc(-c5ccccc5)cc4C(C)(C)c4ncccc43)c3c(c2C#N)C(C)(C)C2(c4ccccc4-c4ccccc42)C3(C)C)c2cccnc21. The zero-order valence-electron chi connectivity index (χ0n) is 42.5. The van der Waals surface area contributed by atoms with Gasteiger partial charge in [0.15, 0.2) is 0 Å². The predicted molar refractivity (Wildman–Crippen MR) is 295 cm³/mol. The van der Waals surface area contributed by atoms with Crippen molar-refractivity contribution >= 4 is 34.1 Å². The first-order valence-electron chi connectivity index (χ1n) is 25.4. The number of aromatic nitrogens is 2. The minimum atomic E-state index is -0.739. The molecule has 0 fully saturated rings. The molecule has 0 saturated heterocycles. The summed E-state index contributed by atoms with van der Waals surface area (Å²) in [5.74, 6) is 0. The zero-order valence-corrected chi connectivity index (χ0v) is 42.5. The van der Waals surface area contributed by atoms with E-state index in [1.807, 2.05) is 30.6 Å². The standard InChI is InChI=1S/C67H54N6/c1-63(2)51-37-43(41-21-11-9-12-22-41)31-33-53(51)72(55-29-19-35-70-61(55)63)59-47(39-68)57-58(66(7,8)67(65(57,5)6)49-27-17-15-25-45(49)46-26-16-18-28-50(46)67)60(48(59)40-69)73-54-34-32-44(42-23-13-10-14-24-42)38-52(54)64(3,4)62-56(73)30-20-36-71-62/h9-38H,1-8H3. The summed E-state index contributed by atoms with van der Waals surface area (Å²) < 4.78 is 0. The second-order valence-corrected chi connectivity index (χ2v) is 22.4. The molecular formula is C67H54N6. The molecule has 2 aliphatic carbocycles. The molecule has 0 atom stereocenters. The quantitative estimate of drug-likeness (QED) is 0.175. The molecule has 0 unspecified atom stereocenters. The van der Waals surface area contributed by atoms with Crippen LogP contribution in [-0.2, 0) is 27.1 Å². The molecule has 352 valence electrons. The molecule has 1 spiro atoms. The summed E-state index contributed by atoms with van der Waals surface area (Å²) in [6.07, 6.45) is 3.75. The lowest BCUT2D eigenvalue weighted by molar-refractivity contribution is 0.231. The van der Waals surface area contributed by atoms with Crippen molar-refractivity contribution < 1.29 is 0 Å². The second kappa shape index (κ2) is 15.2. The molecule has 13 rings (SSSR count). The number of nitriles is 2. The first-order chi connectivity index (χ1) is 35.2. The zero-order chi connectivity index (χ0) is 50.4. The third-order valence-electron chi connectivity index (χ3n) is 17.5. The smallest absolute Gasteiger partial charge is 0.104 e. The maximum absolute atomic E-state index is 12.5. The van der Waals surface area contributed by atoms with E-state index >= 15 is 0 Å². The Balaban J connectivity index is 1.22. The Bertz CT molecular complexity index is 3860. The van der Waals surface area contributed by atoms with Gasteiger partial charge in [-0.3, -0.25) is 9.97 Å². The van der Waals surface area contributed by atoms with Gasteiger partial charge in [-0.2, -0.15) is 10.5 Å². The van der Waals surface area contributed by atoms with Crippen molar-refractivity contribution in [2.75, 3.05) is 9.80 Å². The summed E-state index contributed by atoms with van der Waals surface area (Å²) >= 11 is 0. The highest BCUT2D eigenvalue weighted by molar-refractivity contribution is 6.01. The first-order valence-corrected chi connectivity index (χ1v) is 25.4. The van der Waals surface area contributed by atoms with E-state index < -0.39 is 27.1 Å². The highest BCUT2D eigenvalue weighted by Gasteiger charge is 2.69. The van der Waals surface area contributed by atoms with E-state index in [9.17, 15) is 10.5 Å². The maximum atomic E-state index is 12.5. The van der Waals surface area contributed by atoms with Gasteiger partial charge in [0.2, 0.25) is 0 Å². The molecule has 0 N–H and O–H groups in total. The Morgan fingerprint density at radius 3 is 1.27 bits per heavy atom. The largest absolute Gasteiger partial charge is 0.307 e. The van der Waals surface area contributed by atoms with E-state index in [0.717, 1.165) is 84.3 Å². The van der Waals surface area contributed by atoms with Crippen molar-refractivity contribution in [1.29, 1.82) is 10.5 Å². The van der Waals surface area contributed by atoms with Crippen LogP contribution in [0, 0.1) is 22.7 Å². The monoisotopic (exact) mass is 942 g/mol. The number of benzene rings is 7. The molecule has 2 aromatic heterocycles. The average Bonchev–Trinajstić information content (AvgIpc) is 3.80. The highest BCUT2D eigenvalue weighted by atomic mass is 15.2. The van der Waals surface area contributed by atoms with Crippen molar-refractivity contribution in [3.05, 3.63) is 238 Å². The van der Waals surface area contributed by atoms with Crippen LogP contribution in [0.4, 0.5) is 34.1 Å². The minimum absolute atomic E-state index is 0.413. The molecule has 2 aliphatic heterocycles. The Labute approximate surface area is 428 Å². The molecule has 4 heterocycles. The van der Waals surface area contributed by atoms with Crippen LogP contribution in [-0.4, -0.2) is 9.97 Å². The van der Waals surface area contributed by atoms with Crippen LogP contribution < -0.4 is 9.80 Å². The van der Waals surface area contributed by atoms with E-state index in [-0.39, 0.29) is 0 Å². The number of anilines is 6. The van der Waals surface area contributed by atoms with Gasteiger partial charge < -0.3 is 9.80 Å². The molecule has 73 heavy (non-hydrogen) atoms. The fraction of sp³-hybridized carbons (Fsp3) is 0.194. The lowest BCUT2D eigenvalue weighted by atomic mass is 9.52. The van der Waals surface area contributed by atoms with Crippen LogP contribution in [0.5, 0.6) is 0 Å². The molecule has 6 heteroatoms. The topological polar surface area (TPSA) is 79.8 Å². The first kappa shape index (κ1) is 44.4. The number of pyridine rings is 2. The van der Waals surface area contributed by atoms with Crippen molar-refractivity contribution in [3.63, 3.8) is 0 Å². The Morgan fingerprint density at radius 1 is 0.384 bits per heavy atom. The fourth-order valence-electron chi connectivity index (χ4n) is 14.6. The summed E-state index contributed by atoms with van der Waals surface area (Å²) in [7, 11) is 0. The summed E-state index contributed by atoms with van der Waals surface area (Å²) in [5, 5.41) is 24.9. The van der Waals surface area contributed by atoms with Crippen LogP contribution >= 0.6 is 0 Å². The molecule has 0 saturated carbocycles. The van der Waals surface area contributed by atoms with Crippen molar-refractivity contribution in [2.45, 2.75) is 82.5 Å². The summed E-state index contributed by atoms with van der Waals surface area (Å²) in [6.45, 7) is 18.4. The lowest BCUT2D eigenvalue weighted by Gasteiger charge is -2.49. The minimum Gasteiger partial charge on any atom is -0.307 e. The van der Waals surface area contributed by atoms with Crippen molar-refractivity contribution in [2.24, 2.45) is 0 Å². The van der Waals surface area contributed by atoms with Gasteiger partial charge in [0.1, 0.15) is 17.7 Å². The lowest BCUT2D eigenvalue weighted by Crippen LogP contribution is -2.51. The number of rotatable bonds is 4. The van der Waals surface area contributed by atoms with E-state index in [0.29, 0.717) is 16.8 Å². The molecule has 0 radical (unpaired) electrons. The highest BCUT2D eigenvalue weighted by Crippen LogP contribution is 2.74. The van der Waals surface area contributed by atoms with E-state index in [1.54, 1.807) is 0 Å². The van der Waals surface area contributed by atoms with Gasteiger partial charge in [0.05, 0.1) is 51.1 Å². The molecule has 7 aromatic carbocycles. The summed E-state index contributed by atoms with van der Waals surface area (Å²) in [6, 6.07) is 66.2.